The molecule has 2 aromatic rings. The van der Waals surface area contributed by atoms with Crippen LogP contribution in [0.4, 0.5) is 10.5 Å². The average Bonchev–Trinajstić information content (AvgIpc) is 2.82. The quantitative estimate of drug-likeness (QED) is 0.349. The number of hydrogen-bond acceptors (Lipinski definition) is 5. The maximum Gasteiger partial charge on any atom is 0.408 e. The number of rotatable bonds is 9. The minimum Gasteiger partial charge on any atom is -0.507 e. The number of alkyl carbamates (subject to hydrolysis) is 1. The van der Waals surface area contributed by atoms with Gasteiger partial charge in [0.25, 0.3) is 5.91 Å². The fourth-order valence-corrected chi connectivity index (χ4v) is 4.26. The first-order valence-corrected chi connectivity index (χ1v) is 13.5. The maximum atomic E-state index is 14.4. The number of benzene rings is 2. The number of nitrogens with one attached hydrogen (secondary N) is 2. The van der Waals surface area contributed by atoms with E-state index >= 15 is 0 Å². The molecule has 8 nitrogen and oxygen atoms in total. The lowest BCUT2D eigenvalue weighted by Crippen LogP contribution is -2.60. The number of phenols is 1. The molecule has 2 atom stereocenters. The Balaban J connectivity index is 2.70. The van der Waals surface area contributed by atoms with E-state index in [1.54, 1.807) is 52.0 Å². The zero-order valence-electron chi connectivity index (χ0n) is 25.0. The second kappa shape index (κ2) is 12.5. The molecular weight excluding hydrogens is 494 g/mol. The van der Waals surface area contributed by atoms with E-state index < -0.39 is 41.1 Å². The third-order valence-electron chi connectivity index (χ3n) is 6.83. The van der Waals surface area contributed by atoms with Gasteiger partial charge in [-0.2, -0.15) is 0 Å². The van der Waals surface area contributed by atoms with Gasteiger partial charge in [-0.3, -0.25) is 9.59 Å². The molecule has 0 aliphatic carbocycles. The van der Waals surface area contributed by atoms with E-state index in [1.165, 1.54) is 4.90 Å². The number of nitrogens with zero attached hydrogens (tertiary/aromatic N) is 1. The standard InChI is InChI=1S/C31H45N3O5/c1-11-31(9,10)34(28(37)24(19(2)3)33-29(38)39-30(6,7)8)25(22-17-14-16-21(5)26(22)35)27(36)32-23-18-13-12-15-20(23)4/h12-19,24-25,35H,11H2,1-10H3,(H,32,36)(H,33,38). The molecule has 0 heterocycles. The molecule has 0 aromatic heterocycles. The molecule has 39 heavy (non-hydrogen) atoms. The van der Waals surface area contributed by atoms with Crippen LogP contribution in [0.1, 0.15) is 84.5 Å². The monoisotopic (exact) mass is 539 g/mol. The summed E-state index contributed by atoms with van der Waals surface area (Å²) in [6, 6.07) is 10.3. The van der Waals surface area contributed by atoms with Gasteiger partial charge >= 0.3 is 6.09 Å². The van der Waals surface area contributed by atoms with E-state index in [2.05, 4.69) is 10.6 Å². The fourth-order valence-electron chi connectivity index (χ4n) is 4.26. The number of para-hydroxylation sites is 2. The molecular formula is C31H45N3O5. The Labute approximate surface area is 233 Å². The summed E-state index contributed by atoms with van der Waals surface area (Å²) in [4.78, 5) is 42.8. The van der Waals surface area contributed by atoms with Crippen molar-refractivity contribution in [2.75, 3.05) is 5.32 Å². The number of aryl methyl sites for hydroxylation is 2. The topological polar surface area (TPSA) is 108 Å². The highest BCUT2D eigenvalue weighted by atomic mass is 16.6. The molecule has 0 radical (unpaired) electrons. The molecule has 0 aliphatic heterocycles. The highest BCUT2D eigenvalue weighted by molar-refractivity contribution is 6.00. The van der Waals surface area contributed by atoms with E-state index in [-0.39, 0.29) is 11.7 Å². The normalized spacial score (nSPS) is 13.4. The minimum absolute atomic E-state index is 0.0617. The highest BCUT2D eigenvalue weighted by Crippen LogP contribution is 2.38. The summed E-state index contributed by atoms with van der Waals surface area (Å²) < 4.78 is 5.44. The van der Waals surface area contributed by atoms with Crippen molar-refractivity contribution in [3.63, 3.8) is 0 Å². The van der Waals surface area contributed by atoms with Crippen LogP contribution in [0.25, 0.3) is 0 Å². The van der Waals surface area contributed by atoms with Crippen molar-refractivity contribution in [2.24, 2.45) is 5.92 Å². The first-order chi connectivity index (χ1) is 18.0. The summed E-state index contributed by atoms with van der Waals surface area (Å²) in [7, 11) is 0. The van der Waals surface area contributed by atoms with Gasteiger partial charge < -0.3 is 25.4 Å². The van der Waals surface area contributed by atoms with Crippen molar-refractivity contribution in [1.82, 2.24) is 10.2 Å². The number of carbonyl (C=O) groups excluding carboxylic acids is 3. The van der Waals surface area contributed by atoms with Gasteiger partial charge in [0.1, 0.15) is 23.4 Å². The molecule has 214 valence electrons. The van der Waals surface area contributed by atoms with E-state index in [4.69, 9.17) is 4.74 Å². The molecule has 2 aromatic carbocycles. The van der Waals surface area contributed by atoms with Crippen molar-refractivity contribution < 1.29 is 24.2 Å². The first-order valence-electron chi connectivity index (χ1n) is 13.5. The van der Waals surface area contributed by atoms with Gasteiger partial charge in [-0.1, -0.05) is 57.2 Å². The van der Waals surface area contributed by atoms with E-state index in [0.717, 1.165) is 5.56 Å². The van der Waals surface area contributed by atoms with Crippen LogP contribution in [0.2, 0.25) is 0 Å². The van der Waals surface area contributed by atoms with Crippen LogP contribution in [0.15, 0.2) is 42.5 Å². The molecule has 3 N–H and O–H groups in total. The van der Waals surface area contributed by atoms with Crippen molar-refractivity contribution in [3.8, 4) is 5.75 Å². The predicted octanol–water partition coefficient (Wildman–Crippen LogP) is 6.26. The molecule has 8 heteroatoms. The molecule has 0 saturated carbocycles. The van der Waals surface area contributed by atoms with Gasteiger partial charge in [0.15, 0.2) is 0 Å². The molecule has 0 saturated heterocycles. The van der Waals surface area contributed by atoms with Crippen molar-refractivity contribution in [3.05, 3.63) is 59.2 Å². The maximum absolute atomic E-state index is 14.4. The molecule has 3 amide bonds. The van der Waals surface area contributed by atoms with Crippen LogP contribution in [-0.4, -0.2) is 45.1 Å². The summed E-state index contributed by atoms with van der Waals surface area (Å²) in [5.74, 6) is -1.30. The smallest absolute Gasteiger partial charge is 0.408 e. The van der Waals surface area contributed by atoms with E-state index in [1.807, 2.05) is 59.7 Å². The Kier molecular flexibility index (Phi) is 10.2. The summed E-state index contributed by atoms with van der Waals surface area (Å²) >= 11 is 0. The summed E-state index contributed by atoms with van der Waals surface area (Å²) in [6.45, 7) is 18.2. The first kappa shape index (κ1) is 31.7. The molecule has 0 aliphatic rings. The minimum atomic E-state index is -1.19. The van der Waals surface area contributed by atoms with Gasteiger partial charge in [-0.15, -0.1) is 0 Å². The lowest BCUT2D eigenvalue weighted by molar-refractivity contribution is -0.148. The van der Waals surface area contributed by atoms with Gasteiger partial charge in [-0.05, 0) is 78.0 Å². The Hall–Kier alpha value is -3.55. The third kappa shape index (κ3) is 7.97. The highest BCUT2D eigenvalue weighted by Gasteiger charge is 2.44. The SMILES string of the molecule is CCC(C)(C)N(C(=O)C(NC(=O)OC(C)(C)C)C(C)C)C(C(=O)Nc1ccccc1C)c1cccc(C)c1O. The van der Waals surface area contributed by atoms with Gasteiger partial charge in [-0.25, -0.2) is 4.79 Å². The van der Waals surface area contributed by atoms with Crippen LogP contribution in [0.5, 0.6) is 5.75 Å². The number of amides is 3. The molecule has 0 fully saturated rings. The van der Waals surface area contributed by atoms with Crippen molar-refractivity contribution >= 4 is 23.6 Å². The zero-order chi connectivity index (χ0) is 29.7. The number of anilines is 1. The molecule has 0 spiro atoms. The van der Waals surface area contributed by atoms with Gasteiger partial charge in [0.05, 0.1) is 0 Å². The van der Waals surface area contributed by atoms with Crippen LogP contribution in [0.3, 0.4) is 0 Å². The molecule has 0 bridgehead atoms. The fraction of sp³-hybridized carbons (Fsp3) is 0.516. The number of hydrogen-bond donors (Lipinski definition) is 3. The van der Waals surface area contributed by atoms with E-state index in [0.29, 0.717) is 23.2 Å². The summed E-state index contributed by atoms with van der Waals surface area (Å²) in [5.41, 5.74) is 0.765. The lowest BCUT2D eigenvalue weighted by atomic mass is 9.89. The summed E-state index contributed by atoms with van der Waals surface area (Å²) in [6.07, 6.45) is -0.209. The van der Waals surface area contributed by atoms with Crippen LogP contribution < -0.4 is 10.6 Å². The number of ether oxygens (including phenoxy) is 1. The van der Waals surface area contributed by atoms with Gasteiger partial charge in [0, 0.05) is 16.8 Å². The van der Waals surface area contributed by atoms with Crippen LogP contribution in [-0.2, 0) is 14.3 Å². The Morgan fingerprint density at radius 2 is 1.54 bits per heavy atom. The van der Waals surface area contributed by atoms with Gasteiger partial charge in [0.2, 0.25) is 5.91 Å². The predicted molar refractivity (Wildman–Crippen MR) is 155 cm³/mol. The van der Waals surface area contributed by atoms with Crippen molar-refractivity contribution in [2.45, 2.75) is 98.9 Å². The zero-order valence-corrected chi connectivity index (χ0v) is 25.0. The Bertz CT molecular complexity index is 1180. The number of phenolic OH excluding ortho intramolecular Hbond substituents is 1. The lowest BCUT2D eigenvalue weighted by Gasteiger charge is -2.45. The average molecular weight is 540 g/mol. The molecule has 2 unspecified atom stereocenters. The summed E-state index contributed by atoms with van der Waals surface area (Å²) in [5, 5.41) is 16.8. The van der Waals surface area contributed by atoms with Crippen molar-refractivity contribution in [1.29, 1.82) is 0 Å². The third-order valence-corrected chi connectivity index (χ3v) is 6.83. The number of carbonyl (C=O) groups is 3. The number of aromatic hydroxyl groups is 1. The largest absolute Gasteiger partial charge is 0.507 e. The second-order valence-electron chi connectivity index (χ2n) is 12.0. The second-order valence-corrected chi connectivity index (χ2v) is 12.0. The van der Waals surface area contributed by atoms with Crippen LogP contribution in [0, 0.1) is 19.8 Å². The van der Waals surface area contributed by atoms with E-state index in [9.17, 15) is 19.5 Å². The Morgan fingerprint density at radius 3 is 2.08 bits per heavy atom. The molecule has 2 rings (SSSR count). The Morgan fingerprint density at radius 1 is 0.949 bits per heavy atom. The van der Waals surface area contributed by atoms with Crippen LogP contribution >= 0.6 is 0 Å².